The molecule has 0 aliphatic carbocycles. The van der Waals surface area contributed by atoms with Crippen LogP contribution in [0.15, 0.2) is 0 Å². The molecule has 1 unspecified atom stereocenters. The summed E-state index contributed by atoms with van der Waals surface area (Å²) in [6.45, 7) is 15.3. The van der Waals surface area contributed by atoms with Crippen LogP contribution in [0.25, 0.3) is 0 Å². The van der Waals surface area contributed by atoms with Crippen molar-refractivity contribution in [3.05, 3.63) is 0 Å². The molecule has 2 fully saturated rings. The van der Waals surface area contributed by atoms with Gasteiger partial charge in [-0.15, -0.1) is 0 Å². The first kappa shape index (κ1) is 15.4. The van der Waals surface area contributed by atoms with E-state index < -0.39 is 0 Å². The first-order valence-electron chi connectivity index (χ1n) is 7.51. The van der Waals surface area contributed by atoms with Crippen molar-refractivity contribution in [1.82, 2.24) is 23.7 Å². The van der Waals surface area contributed by atoms with Crippen LogP contribution in [-0.4, -0.2) is 85.8 Å². The van der Waals surface area contributed by atoms with Crippen molar-refractivity contribution in [3.63, 3.8) is 0 Å². The molecule has 0 N–H and O–H groups in total. The lowest BCUT2D eigenvalue weighted by Crippen LogP contribution is -2.81. The first-order chi connectivity index (χ1) is 9.15. The van der Waals surface area contributed by atoms with Gasteiger partial charge in [0.15, 0.2) is 0 Å². The average molecular weight is 258 g/mol. The van der Waals surface area contributed by atoms with Gasteiger partial charge < -0.3 is 23.7 Å². The van der Waals surface area contributed by atoms with Gasteiger partial charge in [0.05, 0.1) is 0 Å². The lowest BCUT2D eigenvalue weighted by Gasteiger charge is -2.56. The maximum Gasteiger partial charge on any atom is 0.372 e. The molecular formula is C10H24B4N5. The van der Waals surface area contributed by atoms with E-state index in [1.54, 1.807) is 0 Å². The van der Waals surface area contributed by atoms with Crippen molar-refractivity contribution in [3.8, 4) is 0 Å². The standard InChI is InChI=1S/C10H24B4N5/c1-6-15-10(5)16(7-2)14-18(9-4)12-17(8-3)13-19(14)11-15/h10H,6-9H2,1-5H3. The van der Waals surface area contributed by atoms with E-state index in [0.29, 0.717) is 13.3 Å². The van der Waals surface area contributed by atoms with Crippen LogP contribution < -0.4 is 0 Å². The van der Waals surface area contributed by atoms with Crippen molar-refractivity contribution >= 4 is 29.8 Å². The third kappa shape index (κ3) is 2.90. The number of hydrogen-bond acceptors (Lipinski definition) is 5. The number of nitrogens with zero attached hydrogens (tertiary/aromatic N) is 5. The Morgan fingerprint density at radius 1 is 0.895 bits per heavy atom. The molecule has 0 bridgehead atoms. The van der Waals surface area contributed by atoms with Crippen molar-refractivity contribution in [1.29, 1.82) is 0 Å². The van der Waals surface area contributed by atoms with Crippen molar-refractivity contribution in [2.45, 2.75) is 40.8 Å². The molecular weight excluding hydrogens is 233 g/mol. The number of rotatable bonds is 4. The Bertz CT molecular complexity index is 297. The lowest BCUT2D eigenvalue weighted by atomic mass is 9.58. The van der Waals surface area contributed by atoms with E-state index in [-0.39, 0.29) is 0 Å². The van der Waals surface area contributed by atoms with Gasteiger partial charge in [0.1, 0.15) is 0 Å². The minimum atomic E-state index is 0.315. The SMILES string of the molecule is CCN1[B]N2[B]N(CC)C(C)N(CC)B2N(CC)[B]1. The number of fused-ring (bicyclic) bond motifs is 1. The predicted octanol–water partition coefficient (Wildman–Crippen LogP) is -0.463. The van der Waals surface area contributed by atoms with Gasteiger partial charge in [-0.25, -0.2) is 0 Å². The van der Waals surface area contributed by atoms with Crippen LogP contribution >= 0.6 is 0 Å². The maximum absolute atomic E-state index is 2.53. The summed E-state index contributed by atoms with van der Waals surface area (Å²) in [6.07, 6.45) is 0.445. The Hall–Kier alpha value is 0.0597. The smallest absolute Gasteiger partial charge is 0.372 e. The molecule has 2 rings (SSSR count). The molecule has 101 valence electrons. The topological polar surface area (TPSA) is 16.2 Å². The van der Waals surface area contributed by atoms with E-state index in [0.717, 1.165) is 26.2 Å². The second kappa shape index (κ2) is 6.68. The van der Waals surface area contributed by atoms with Crippen molar-refractivity contribution in [2.75, 3.05) is 26.2 Å². The highest BCUT2D eigenvalue weighted by Gasteiger charge is 2.47. The first-order valence-corrected chi connectivity index (χ1v) is 7.51. The molecule has 0 aromatic heterocycles. The summed E-state index contributed by atoms with van der Waals surface area (Å²) < 4.78 is 6.99. The molecule has 5 nitrogen and oxygen atoms in total. The normalized spacial score (nSPS) is 27.6. The van der Waals surface area contributed by atoms with Crippen LogP contribution in [0.2, 0.25) is 0 Å². The van der Waals surface area contributed by atoms with E-state index in [1.807, 2.05) is 0 Å². The Kier molecular flexibility index (Phi) is 5.43. The van der Waals surface area contributed by atoms with Crippen LogP contribution in [-0.2, 0) is 0 Å². The fourth-order valence-electron chi connectivity index (χ4n) is 2.97. The molecule has 19 heavy (non-hydrogen) atoms. The highest BCUT2D eigenvalue weighted by Crippen LogP contribution is 2.21. The Balaban J connectivity index is 2.20. The van der Waals surface area contributed by atoms with Crippen molar-refractivity contribution < 1.29 is 0 Å². The monoisotopic (exact) mass is 258 g/mol. The second-order valence-corrected chi connectivity index (χ2v) is 5.09. The Labute approximate surface area is 121 Å². The van der Waals surface area contributed by atoms with E-state index >= 15 is 0 Å². The zero-order valence-corrected chi connectivity index (χ0v) is 13.0. The summed E-state index contributed by atoms with van der Waals surface area (Å²) in [5, 5.41) is 0. The Morgan fingerprint density at radius 2 is 1.63 bits per heavy atom. The van der Waals surface area contributed by atoms with E-state index in [9.17, 15) is 0 Å². The predicted molar refractivity (Wildman–Crippen MR) is 83.8 cm³/mol. The minimum Gasteiger partial charge on any atom is -0.378 e. The Morgan fingerprint density at radius 3 is 2.16 bits per heavy atom. The fraction of sp³-hybridized carbons (Fsp3) is 1.00. The van der Waals surface area contributed by atoms with E-state index in [4.69, 9.17) is 0 Å². The van der Waals surface area contributed by atoms with Crippen molar-refractivity contribution in [2.24, 2.45) is 0 Å². The van der Waals surface area contributed by atoms with Gasteiger partial charge in [0, 0.05) is 6.17 Å². The molecule has 9 heteroatoms. The zero-order chi connectivity index (χ0) is 14.0. The van der Waals surface area contributed by atoms with Crippen LogP contribution in [0, 0.1) is 0 Å². The van der Waals surface area contributed by atoms with Gasteiger partial charge in [-0.05, 0) is 33.1 Å². The quantitative estimate of drug-likeness (QED) is 0.632. The lowest BCUT2D eigenvalue weighted by molar-refractivity contribution is 0.165. The van der Waals surface area contributed by atoms with E-state index in [2.05, 4.69) is 81.0 Å². The average Bonchev–Trinajstić information content (AvgIpc) is 2.45. The largest absolute Gasteiger partial charge is 0.378 e. The summed E-state index contributed by atoms with van der Waals surface area (Å²) in [6, 6.07) is 0. The van der Waals surface area contributed by atoms with Gasteiger partial charge in [-0.1, -0.05) is 27.7 Å². The van der Waals surface area contributed by atoms with Gasteiger partial charge in [-0.3, -0.25) is 0 Å². The molecule has 3 radical (unpaired) electrons. The van der Waals surface area contributed by atoms with Gasteiger partial charge in [-0.2, -0.15) is 0 Å². The molecule has 0 saturated carbocycles. The molecule has 2 saturated heterocycles. The highest BCUT2D eigenvalue weighted by atomic mass is 15.5. The molecule has 1 atom stereocenters. The van der Waals surface area contributed by atoms with Crippen LogP contribution in [0.3, 0.4) is 0 Å². The fourth-order valence-corrected chi connectivity index (χ4v) is 2.97. The third-order valence-electron chi connectivity index (χ3n) is 4.14. The van der Waals surface area contributed by atoms with Crippen LogP contribution in [0.4, 0.5) is 0 Å². The maximum atomic E-state index is 2.53. The second-order valence-electron chi connectivity index (χ2n) is 5.09. The summed E-state index contributed by atoms with van der Waals surface area (Å²) in [4.78, 5) is 4.93. The summed E-state index contributed by atoms with van der Waals surface area (Å²) >= 11 is 0. The third-order valence-corrected chi connectivity index (χ3v) is 4.14. The minimum absolute atomic E-state index is 0.315. The summed E-state index contributed by atoms with van der Waals surface area (Å²) in [5.74, 6) is 0. The van der Waals surface area contributed by atoms with E-state index in [1.165, 1.54) is 0 Å². The zero-order valence-electron chi connectivity index (χ0n) is 13.0. The summed E-state index contributed by atoms with van der Waals surface area (Å²) in [5.41, 5.74) is 0. The summed E-state index contributed by atoms with van der Waals surface area (Å²) in [7, 11) is 7.04. The molecule has 0 amide bonds. The van der Waals surface area contributed by atoms with Crippen LogP contribution in [0.1, 0.15) is 34.6 Å². The molecule has 2 aliphatic heterocycles. The molecule has 0 spiro atoms. The number of hydrogen-bond donors (Lipinski definition) is 0. The molecule has 0 aromatic carbocycles. The molecule has 2 aliphatic rings. The van der Waals surface area contributed by atoms with Gasteiger partial charge >= 0.3 is 7.12 Å². The van der Waals surface area contributed by atoms with Crippen LogP contribution in [0.5, 0.6) is 0 Å². The van der Waals surface area contributed by atoms with Gasteiger partial charge in [0.25, 0.3) is 22.6 Å². The molecule has 0 aromatic rings. The van der Waals surface area contributed by atoms with Gasteiger partial charge in [0.2, 0.25) is 0 Å². The highest BCUT2D eigenvalue weighted by molar-refractivity contribution is 6.80. The molecule has 2 heterocycles.